The molecule has 4 heteroatoms. The Morgan fingerprint density at radius 1 is 0.327 bits per heavy atom. The van der Waals surface area contributed by atoms with E-state index in [1.165, 1.54) is 0 Å². The molecule has 4 heterocycles. The average molecular weight is 705 g/mol. The van der Waals surface area contributed by atoms with E-state index in [9.17, 15) is 0 Å². The fraction of sp³-hybridized carbons (Fsp3) is 0.0196. The highest BCUT2D eigenvalue weighted by Gasteiger charge is 2.41. The second kappa shape index (κ2) is 13.6. The zero-order valence-corrected chi connectivity index (χ0v) is 30.1. The van der Waals surface area contributed by atoms with Crippen LogP contribution in [0, 0.1) is 0 Å². The van der Waals surface area contributed by atoms with Gasteiger partial charge in [0.2, 0.25) is 0 Å². The quantitative estimate of drug-likeness (QED) is 0.158. The van der Waals surface area contributed by atoms with Crippen molar-refractivity contribution in [3.8, 4) is 33.9 Å². The summed E-state index contributed by atoms with van der Waals surface area (Å²) in [5.74, 6) is 0. The number of para-hydroxylation sites is 4. The SMILES string of the molecule is c1ccc(-n2cc(-c3cccc(C(c4ccccc4)(c4ccccc4)c4cccc(-c5cn(-c6ccccc6)c6ccccc56)n4)n3)c3ccccc32)cc1. The molecule has 0 atom stereocenters. The molecule has 0 N–H and O–H groups in total. The molecule has 0 saturated heterocycles. The first-order valence-electron chi connectivity index (χ1n) is 18.7. The molecule has 0 aliphatic heterocycles. The first-order chi connectivity index (χ1) is 27.3. The molecule has 0 unspecified atom stereocenters. The van der Waals surface area contributed by atoms with Crippen LogP contribution >= 0.6 is 0 Å². The Morgan fingerprint density at radius 3 is 1.11 bits per heavy atom. The van der Waals surface area contributed by atoms with Gasteiger partial charge >= 0.3 is 0 Å². The molecule has 0 aliphatic rings. The fourth-order valence-electron chi connectivity index (χ4n) is 8.22. The van der Waals surface area contributed by atoms with E-state index in [-0.39, 0.29) is 0 Å². The second-order valence-electron chi connectivity index (χ2n) is 13.8. The van der Waals surface area contributed by atoms with Crippen LogP contribution in [0.15, 0.2) is 219 Å². The molecule has 0 amide bonds. The molecule has 0 fully saturated rings. The van der Waals surface area contributed by atoms with Crippen LogP contribution in [-0.4, -0.2) is 19.1 Å². The van der Waals surface area contributed by atoms with E-state index < -0.39 is 5.41 Å². The van der Waals surface area contributed by atoms with Gasteiger partial charge in [-0.15, -0.1) is 0 Å². The van der Waals surface area contributed by atoms with E-state index in [2.05, 4.69) is 228 Å². The first-order valence-corrected chi connectivity index (χ1v) is 18.7. The van der Waals surface area contributed by atoms with Crippen LogP contribution in [0.2, 0.25) is 0 Å². The molecule has 0 aliphatic carbocycles. The van der Waals surface area contributed by atoms with Gasteiger partial charge in [-0.25, -0.2) is 0 Å². The summed E-state index contributed by atoms with van der Waals surface area (Å²) in [6.07, 6.45) is 4.44. The number of hydrogen-bond donors (Lipinski definition) is 0. The van der Waals surface area contributed by atoms with Crippen molar-refractivity contribution in [2.24, 2.45) is 0 Å². The van der Waals surface area contributed by atoms with Crippen LogP contribution in [0.1, 0.15) is 22.5 Å². The number of nitrogens with zero attached hydrogens (tertiary/aromatic N) is 4. The van der Waals surface area contributed by atoms with Gasteiger partial charge in [-0.05, 0) is 71.8 Å². The van der Waals surface area contributed by atoms with E-state index in [1.807, 2.05) is 0 Å². The largest absolute Gasteiger partial charge is 0.316 e. The smallest absolute Gasteiger partial charge is 0.105 e. The van der Waals surface area contributed by atoms with Crippen LogP contribution in [0.5, 0.6) is 0 Å². The van der Waals surface area contributed by atoms with Crippen molar-refractivity contribution in [2.75, 3.05) is 0 Å². The van der Waals surface area contributed by atoms with E-state index in [0.717, 1.165) is 78.2 Å². The number of aromatic nitrogens is 4. The van der Waals surface area contributed by atoms with Crippen molar-refractivity contribution in [3.05, 3.63) is 241 Å². The number of benzene rings is 6. The standard InChI is InChI=1S/C51H36N4/c1-5-19-37(20-6-1)51(38-21-7-2-8-22-38,49-33-17-29-45(52-49)43-35-54(39-23-9-3-10-24-39)47-31-15-13-27-41(43)47)50-34-18-30-46(53-50)44-36-55(40-25-11-4-12-26-40)48-32-16-14-28-42(44)48/h1-36H. The van der Waals surface area contributed by atoms with Gasteiger partial charge in [-0.2, -0.15) is 0 Å². The van der Waals surface area contributed by atoms with Crippen molar-refractivity contribution < 1.29 is 0 Å². The Labute approximate surface area is 320 Å². The van der Waals surface area contributed by atoms with Gasteiger partial charge in [0.05, 0.1) is 33.8 Å². The fourth-order valence-corrected chi connectivity index (χ4v) is 8.22. The maximum absolute atomic E-state index is 5.64. The van der Waals surface area contributed by atoms with Crippen molar-refractivity contribution in [3.63, 3.8) is 0 Å². The molecule has 6 aromatic carbocycles. The molecular formula is C51H36N4. The summed E-state index contributed by atoms with van der Waals surface area (Å²) in [7, 11) is 0. The number of pyridine rings is 2. The summed E-state index contributed by atoms with van der Waals surface area (Å²) in [6, 6.07) is 72.4. The molecular weight excluding hydrogens is 669 g/mol. The number of rotatable bonds is 8. The van der Waals surface area contributed by atoms with Gasteiger partial charge in [0.25, 0.3) is 0 Å². The lowest BCUT2D eigenvalue weighted by atomic mass is 9.69. The molecule has 0 saturated carbocycles. The molecule has 10 aromatic rings. The minimum absolute atomic E-state index is 0.843. The van der Waals surface area contributed by atoms with Crippen molar-refractivity contribution >= 4 is 21.8 Å². The summed E-state index contributed by atoms with van der Waals surface area (Å²) in [6.45, 7) is 0. The van der Waals surface area contributed by atoms with Crippen molar-refractivity contribution in [2.45, 2.75) is 5.41 Å². The molecule has 4 nitrogen and oxygen atoms in total. The Bertz CT molecular complexity index is 2710. The lowest BCUT2D eigenvalue weighted by molar-refractivity contribution is 0.689. The van der Waals surface area contributed by atoms with E-state index >= 15 is 0 Å². The monoisotopic (exact) mass is 704 g/mol. The zero-order chi connectivity index (χ0) is 36.6. The van der Waals surface area contributed by atoms with Crippen LogP contribution in [0.3, 0.4) is 0 Å². The van der Waals surface area contributed by atoms with Gasteiger partial charge in [-0.1, -0.05) is 146 Å². The number of hydrogen-bond acceptors (Lipinski definition) is 2. The summed E-state index contributed by atoms with van der Waals surface area (Å²) in [5.41, 5.74) is 11.6. The van der Waals surface area contributed by atoms with Gasteiger partial charge in [0.15, 0.2) is 0 Å². The maximum Gasteiger partial charge on any atom is 0.105 e. The van der Waals surface area contributed by atoms with E-state index in [0.29, 0.717) is 0 Å². The summed E-state index contributed by atoms with van der Waals surface area (Å²) in [4.78, 5) is 11.3. The topological polar surface area (TPSA) is 35.6 Å². The predicted octanol–water partition coefficient (Wildman–Crippen LogP) is 12.1. The first kappa shape index (κ1) is 32.4. The van der Waals surface area contributed by atoms with E-state index in [1.54, 1.807) is 0 Å². The molecule has 4 aromatic heterocycles. The van der Waals surface area contributed by atoms with Crippen LogP contribution in [0.4, 0.5) is 0 Å². The zero-order valence-electron chi connectivity index (χ0n) is 30.1. The normalized spacial score (nSPS) is 11.6. The third-order valence-electron chi connectivity index (χ3n) is 10.7. The van der Waals surface area contributed by atoms with E-state index in [4.69, 9.17) is 9.97 Å². The van der Waals surface area contributed by atoms with Gasteiger partial charge in [0, 0.05) is 45.7 Å². The molecule has 0 radical (unpaired) electrons. The van der Waals surface area contributed by atoms with Crippen LogP contribution in [-0.2, 0) is 5.41 Å². The summed E-state index contributed by atoms with van der Waals surface area (Å²) >= 11 is 0. The maximum atomic E-state index is 5.64. The van der Waals surface area contributed by atoms with Crippen LogP contribution < -0.4 is 0 Å². The summed E-state index contributed by atoms with van der Waals surface area (Å²) < 4.78 is 4.52. The Kier molecular flexibility index (Phi) is 8.00. The molecule has 260 valence electrons. The Hall–Kier alpha value is -7.30. The average Bonchev–Trinajstić information content (AvgIpc) is 3.86. The van der Waals surface area contributed by atoms with Crippen LogP contribution in [0.25, 0.3) is 55.7 Å². The molecule has 0 spiro atoms. The molecule has 55 heavy (non-hydrogen) atoms. The third kappa shape index (κ3) is 5.46. The highest BCUT2D eigenvalue weighted by Crippen LogP contribution is 2.45. The highest BCUT2D eigenvalue weighted by atomic mass is 15.0. The van der Waals surface area contributed by atoms with Gasteiger partial charge in [0.1, 0.15) is 5.41 Å². The summed E-state index contributed by atoms with van der Waals surface area (Å²) in [5, 5.41) is 2.30. The minimum Gasteiger partial charge on any atom is -0.316 e. The highest BCUT2D eigenvalue weighted by molar-refractivity contribution is 5.97. The third-order valence-corrected chi connectivity index (χ3v) is 10.7. The predicted molar refractivity (Wildman–Crippen MR) is 225 cm³/mol. The minimum atomic E-state index is -0.843. The Morgan fingerprint density at radius 2 is 0.691 bits per heavy atom. The van der Waals surface area contributed by atoms with Crippen molar-refractivity contribution in [1.82, 2.24) is 19.1 Å². The molecule has 10 rings (SSSR count). The van der Waals surface area contributed by atoms with Gasteiger partial charge in [-0.3, -0.25) is 9.97 Å². The lowest BCUT2D eigenvalue weighted by Crippen LogP contribution is -2.33. The number of fused-ring (bicyclic) bond motifs is 2. The second-order valence-corrected chi connectivity index (χ2v) is 13.8. The van der Waals surface area contributed by atoms with Gasteiger partial charge < -0.3 is 9.13 Å². The molecule has 0 bridgehead atoms. The lowest BCUT2D eigenvalue weighted by Gasteiger charge is -2.35. The van der Waals surface area contributed by atoms with Crippen molar-refractivity contribution in [1.29, 1.82) is 0 Å². The Balaban J connectivity index is 1.22.